The first kappa shape index (κ1) is 10.8. The summed E-state index contributed by atoms with van der Waals surface area (Å²) in [5.74, 6) is -0.386. The Morgan fingerprint density at radius 2 is 2.33 bits per heavy atom. The SMILES string of the molecule is NC(=O)N1CCc2cc(-c3cn[nH]c3)c(F)cc21. The maximum atomic E-state index is 14.0. The number of aromatic nitrogens is 2. The van der Waals surface area contributed by atoms with Gasteiger partial charge in [-0.05, 0) is 24.1 Å². The molecule has 0 fully saturated rings. The molecule has 0 unspecified atom stereocenters. The summed E-state index contributed by atoms with van der Waals surface area (Å²) < 4.78 is 14.0. The number of H-pyrrole nitrogens is 1. The van der Waals surface area contributed by atoms with E-state index in [1.807, 2.05) is 0 Å². The number of halogens is 1. The zero-order valence-corrected chi connectivity index (χ0v) is 9.48. The summed E-state index contributed by atoms with van der Waals surface area (Å²) in [6.45, 7) is 0.499. The minimum absolute atomic E-state index is 0.386. The second kappa shape index (κ2) is 3.83. The summed E-state index contributed by atoms with van der Waals surface area (Å²) in [5.41, 5.74) is 7.90. The van der Waals surface area contributed by atoms with E-state index in [9.17, 15) is 9.18 Å². The Balaban J connectivity index is 2.10. The van der Waals surface area contributed by atoms with Gasteiger partial charge in [0.05, 0.1) is 11.9 Å². The molecule has 0 aliphatic carbocycles. The van der Waals surface area contributed by atoms with Crippen LogP contribution in [0.4, 0.5) is 14.9 Å². The molecule has 92 valence electrons. The fraction of sp³-hybridized carbons (Fsp3) is 0.167. The average molecular weight is 246 g/mol. The van der Waals surface area contributed by atoms with E-state index in [0.717, 1.165) is 5.56 Å². The molecule has 0 atom stereocenters. The Morgan fingerprint density at radius 3 is 3.00 bits per heavy atom. The van der Waals surface area contributed by atoms with Gasteiger partial charge in [0, 0.05) is 23.9 Å². The number of aromatic amines is 1. The number of nitrogens with zero attached hydrogens (tertiary/aromatic N) is 2. The van der Waals surface area contributed by atoms with Gasteiger partial charge in [0.2, 0.25) is 0 Å². The van der Waals surface area contributed by atoms with Crippen LogP contribution in [0.25, 0.3) is 11.1 Å². The molecule has 2 amide bonds. The highest BCUT2D eigenvalue weighted by Crippen LogP contribution is 2.34. The van der Waals surface area contributed by atoms with Crippen molar-refractivity contribution in [2.75, 3.05) is 11.4 Å². The number of urea groups is 1. The molecule has 0 saturated heterocycles. The van der Waals surface area contributed by atoms with E-state index in [1.165, 1.54) is 11.0 Å². The summed E-state index contributed by atoms with van der Waals surface area (Å²) in [4.78, 5) is 12.6. The van der Waals surface area contributed by atoms with Gasteiger partial charge in [-0.1, -0.05) is 0 Å². The summed E-state index contributed by atoms with van der Waals surface area (Å²) in [6, 6.07) is 2.55. The van der Waals surface area contributed by atoms with E-state index >= 15 is 0 Å². The van der Waals surface area contributed by atoms with Gasteiger partial charge in [-0.15, -0.1) is 0 Å². The molecule has 2 aromatic rings. The Hall–Kier alpha value is -2.37. The Kier molecular flexibility index (Phi) is 2.29. The molecule has 3 N–H and O–H groups in total. The molecule has 1 aromatic carbocycles. The van der Waals surface area contributed by atoms with E-state index in [1.54, 1.807) is 18.5 Å². The van der Waals surface area contributed by atoms with Crippen molar-refractivity contribution < 1.29 is 9.18 Å². The van der Waals surface area contributed by atoms with Crippen LogP contribution in [0.5, 0.6) is 0 Å². The zero-order valence-electron chi connectivity index (χ0n) is 9.48. The second-order valence-electron chi connectivity index (χ2n) is 4.19. The lowest BCUT2D eigenvalue weighted by atomic mass is 10.0. The van der Waals surface area contributed by atoms with Crippen molar-refractivity contribution in [2.45, 2.75) is 6.42 Å². The first-order chi connectivity index (χ1) is 8.66. The normalized spacial score (nSPS) is 13.7. The molecule has 18 heavy (non-hydrogen) atoms. The van der Waals surface area contributed by atoms with Crippen LogP contribution in [0, 0.1) is 5.82 Å². The van der Waals surface area contributed by atoms with Crippen LogP contribution in [-0.2, 0) is 6.42 Å². The minimum atomic E-state index is -0.552. The van der Waals surface area contributed by atoms with Gasteiger partial charge in [-0.25, -0.2) is 9.18 Å². The van der Waals surface area contributed by atoms with Gasteiger partial charge < -0.3 is 5.73 Å². The molecule has 0 radical (unpaired) electrons. The van der Waals surface area contributed by atoms with Crippen molar-refractivity contribution >= 4 is 11.7 Å². The molecule has 1 aliphatic rings. The van der Waals surface area contributed by atoms with E-state index in [4.69, 9.17) is 5.73 Å². The molecule has 0 bridgehead atoms. The number of fused-ring (bicyclic) bond motifs is 1. The number of rotatable bonds is 1. The van der Waals surface area contributed by atoms with Crippen LogP contribution in [0.2, 0.25) is 0 Å². The van der Waals surface area contributed by atoms with Crippen molar-refractivity contribution in [3.8, 4) is 11.1 Å². The van der Waals surface area contributed by atoms with Gasteiger partial charge >= 0.3 is 6.03 Å². The van der Waals surface area contributed by atoms with Crippen molar-refractivity contribution in [2.24, 2.45) is 5.73 Å². The number of primary amides is 1. The summed E-state index contributed by atoms with van der Waals surface area (Å²) in [5, 5.41) is 6.45. The first-order valence-electron chi connectivity index (χ1n) is 5.55. The fourth-order valence-corrected chi connectivity index (χ4v) is 2.26. The molecule has 1 aliphatic heterocycles. The van der Waals surface area contributed by atoms with Crippen molar-refractivity contribution in [1.82, 2.24) is 10.2 Å². The van der Waals surface area contributed by atoms with Crippen LogP contribution in [0.3, 0.4) is 0 Å². The summed E-state index contributed by atoms with van der Waals surface area (Å²) in [7, 11) is 0. The van der Waals surface area contributed by atoms with Crippen molar-refractivity contribution in [1.29, 1.82) is 0 Å². The summed E-state index contributed by atoms with van der Waals surface area (Å²) in [6.07, 6.45) is 3.88. The number of hydrogen-bond donors (Lipinski definition) is 2. The highest BCUT2D eigenvalue weighted by Gasteiger charge is 2.25. The van der Waals surface area contributed by atoms with Gasteiger partial charge in [0.25, 0.3) is 0 Å². The number of carbonyl (C=O) groups excluding carboxylic acids is 1. The van der Waals surface area contributed by atoms with Crippen LogP contribution in [-0.4, -0.2) is 22.8 Å². The van der Waals surface area contributed by atoms with Crippen LogP contribution in [0.1, 0.15) is 5.56 Å². The third-order valence-corrected chi connectivity index (χ3v) is 3.14. The monoisotopic (exact) mass is 246 g/mol. The van der Waals surface area contributed by atoms with Gasteiger partial charge in [-0.3, -0.25) is 10.00 Å². The maximum Gasteiger partial charge on any atom is 0.319 e. The maximum absolute atomic E-state index is 14.0. The number of anilines is 1. The first-order valence-corrected chi connectivity index (χ1v) is 5.55. The second-order valence-corrected chi connectivity index (χ2v) is 4.19. The molecule has 1 aromatic heterocycles. The highest BCUT2D eigenvalue weighted by molar-refractivity contribution is 5.93. The number of benzene rings is 1. The molecule has 5 nitrogen and oxygen atoms in total. The molecule has 0 spiro atoms. The number of amides is 2. The predicted octanol–water partition coefficient (Wildman–Crippen LogP) is 1.66. The van der Waals surface area contributed by atoms with Gasteiger partial charge in [0.15, 0.2) is 0 Å². The van der Waals surface area contributed by atoms with Crippen LogP contribution >= 0.6 is 0 Å². The van der Waals surface area contributed by atoms with Crippen LogP contribution < -0.4 is 10.6 Å². The minimum Gasteiger partial charge on any atom is -0.351 e. The Morgan fingerprint density at radius 1 is 1.50 bits per heavy atom. The number of hydrogen-bond acceptors (Lipinski definition) is 2. The Labute approximate surface area is 102 Å². The summed E-state index contributed by atoms with van der Waals surface area (Å²) >= 11 is 0. The molecular formula is C12H11FN4O. The third kappa shape index (κ3) is 1.54. The lowest BCUT2D eigenvalue weighted by Gasteiger charge is -2.14. The smallest absolute Gasteiger partial charge is 0.319 e. The lowest BCUT2D eigenvalue weighted by molar-refractivity contribution is 0.254. The van der Waals surface area contributed by atoms with Crippen LogP contribution in [0.15, 0.2) is 24.5 Å². The average Bonchev–Trinajstić information content (AvgIpc) is 2.95. The number of carbonyl (C=O) groups is 1. The molecule has 0 saturated carbocycles. The third-order valence-electron chi connectivity index (χ3n) is 3.14. The lowest BCUT2D eigenvalue weighted by Crippen LogP contribution is -2.34. The van der Waals surface area contributed by atoms with Gasteiger partial charge in [-0.2, -0.15) is 5.10 Å². The molecule has 2 heterocycles. The van der Waals surface area contributed by atoms with E-state index in [0.29, 0.717) is 29.8 Å². The van der Waals surface area contributed by atoms with Crippen molar-refractivity contribution in [3.05, 3.63) is 35.9 Å². The number of nitrogens with two attached hydrogens (primary N) is 1. The zero-order chi connectivity index (χ0) is 12.7. The Bertz CT molecular complexity index is 609. The van der Waals surface area contributed by atoms with Gasteiger partial charge in [0.1, 0.15) is 5.82 Å². The quantitative estimate of drug-likeness (QED) is 0.802. The van der Waals surface area contributed by atoms with E-state index in [-0.39, 0.29) is 5.82 Å². The molecular weight excluding hydrogens is 235 g/mol. The fourth-order valence-electron chi connectivity index (χ4n) is 2.26. The number of nitrogens with one attached hydrogen (secondary N) is 1. The topological polar surface area (TPSA) is 75.0 Å². The predicted molar refractivity (Wildman–Crippen MR) is 64.6 cm³/mol. The van der Waals surface area contributed by atoms with E-state index < -0.39 is 6.03 Å². The van der Waals surface area contributed by atoms with Crippen molar-refractivity contribution in [3.63, 3.8) is 0 Å². The molecule has 3 rings (SSSR count). The highest BCUT2D eigenvalue weighted by atomic mass is 19.1. The standard InChI is InChI=1S/C12H11FN4O/c13-10-4-11-7(1-2-17(11)12(14)18)3-9(10)8-5-15-16-6-8/h3-6H,1-2H2,(H2,14,18)(H,15,16). The largest absolute Gasteiger partial charge is 0.351 e. The molecule has 6 heteroatoms. The van der Waals surface area contributed by atoms with E-state index in [2.05, 4.69) is 10.2 Å².